The van der Waals surface area contributed by atoms with Crippen molar-refractivity contribution in [3.8, 4) is 0 Å². The highest BCUT2D eigenvalue weighted by Crippen LogP contribution is 2.37. The second kappa shape index (κ2) is 3.83. The van der Waals surface area contributed by atoms with Gasteiger partial charge in [-0.2, -0.15) is 0 Å². The molecule has 0 bridgehead atoms. The summed E-state index contributed by atoms with van der Waals surface area (Å²) in [4.78, 5) is 0. The monoisotopic (exact) mass is 219 g/mol. The first kappa shape index (κ1) is 11.4. The summed E-state index contributed by atoms with van der Waals surface area (Å²) in [5.41, 5.74) is 5.81. The molecule has 0 spiro atoms. The van der Waals surface area contributed by atoms with Gasteiger partial charge in [0.1, 0.15) is 0 Å². The summed E-state index contributed by atoms with van der Waals surface area (Å²) < 4.78 is 26.4. The van der Waals surface area contributed by atoms with Crippen LogP contribution in [-0.4, -0.2) is 0 Å². The van der Waals surface area contributed by atoms with Gasteiger partial charge in [0.25, 0.3) is 5.92 Å². The lowest BCUT2D eigenvalue weighted by molar-refractivity contribution is 0.0164. The molecule has 1 rings (SSSR count). The molecule has 1 unspecified atom stereocenters. The van der Waals surface area contributed by atoms with Crippen LogP contribution >= 0.6 is 11.6 Å². The molecule has 0 aliphatic rings. The van der Waals surface area contributed by atoms with Crippen LogP contribution in [0.25, 0.3) is 0 Å². The van der Waals surface area contributed by atoms with Crippen molar-refractivity contribution in [2.45, 2.75) is 25.8 Å². The molecule has 1 nitrogen and oxygen atoms in total. The van der Waals surface area contributed by atoms with E-state index in [1.807, 2.05) is 0 Å². The predicted octanol–water partition coefficient (Wildman–Crippen LogP) is 3.47. The molecule has 0 saturated carbocycles. The van der Waals surface area contributed by atoms with E-state index in [0.29, 0.717) is 5.56 Å². The van der Waals surface area contributed by atoms with Crippen LogP contribution in [0.3, 0.4) is 0 Å². The molecule has 0 aliphatic heterocycles. The Morgan fingerprint density at radius 3 is 2.36 bits per heavy atom. The molecule has 14 heavy (non-hydrogen) atoms. The van der Waals surface area contributed by atoms with E-state index in [4.69, 9.17) is 17.3 Å². The van der Waals surface area contributed by atoms with Gasteiger partial charge in [0.15, 0.2) is 0 Å². The summed E-state index contributed by atoms with van der Waals surface area (Å²) >= 11 is 5.72. The van der Waals surface area contributed by atoms with Crippen LogP contribution in [0.2, 0.25) is 5.02 Å². The molecule has 78 valence electrons. The molecule has 2 N–H and O–H groups in total. The number of hydrogen-bond donors (Lipinski definition) is 1. The Hall–Kier alpha value is -0.670. The average molecular weight is 220 g/mol. The second-order valence-electron chi connectivity index (χ2n) is 3.38. The van der Waals surface area contributed by atoms with E-state index in [1.165, 1.54) is 6.07 Å². The van der Waals surface area contributed by atoms with Crippen molar-refractivity contribution in [2.24, 2.45) is 5.73 Å². The summed E-state index contributed by atoms with van der Waals surface area (Å²) in [6.45, 7) is 2.47. The summed E-state index contributed by atoms with van der Waals surface area (Å²) in [5, 5.41) is 0.0623. The molecule has 0 heterocycles. The van der Waals surface area contributed by atoms with Crippen molar-refractivity contribution in [1.29, 1.82) is 0 Å². The van der Waals surface area contributed by atoms with Gasteiger partial charge >= 0.3 is 0 Å². The second-order valence-corrected chi connectivity index (χ2v) is 3.79. The van der Waals surface area contributed by atoms with Crippen molar-refractivity contribution in [3.05, 3.63) is 34.3 Å². The summed E-state index contributed by atoms with van der Waals surface area (Å²) in [6.07, 6.45) is 0. The van der Waals surface area contributed by atoms with Crippen molar-refractivity contribution in [3.63, 3.8) is 0 Å². The maximum atomic E-state index is 13.2. The highest BCUT2D eigenvalue weighted by atomic mass is 35.5. The molecule has 1 atom stereocenters. The van der Waals surface area contributed by atoms with Crippen LogP contribution in [0.5, 0.6) is 0 Å². The maximum Gasteiger partial charge on any atom is 0.272 e. The first-order chi connectivity index (χ1) is 6.34. The molecular formula is C10H12ClF2N. The first-order valence-corrected chi connectivity index (χ1v) is 4.64. The van der Waals surface area contributed by atoms with Gasteiger partial charge in [0, 0.05) is 18.5 Å². The van der Waals surface area contributed by atoms with Gasteiger partial charge in [-0.3, -0.25) is 0 Å². The van der Waals surface area contributed by atoms with Crippen LogP contribution in [0.4, 0.5) is 8.78 Å². The Kier molecular flexibility index (Phi) is 3.12. The maximum absolute atomic E-state index is 13.2. The molecule has 1 aromatic rings. The van der Waals surface area contributed by atoms with Crippen LogP contribution in [0.15, 0.2) is 18.2 Å². The fourth-order valence-corrected chi connectivity index (χ4v) is 1.73. The summed E-state index contributed by atoms with van der Waals surface area (Å²) in [6, 6.07) is 4.19. The fraction of sp³-hybridized carbons (Fsp3) is 0.400. The Balaban J connectivity index is 3.38. The van der Waals surface area contributed by atoms with Gasteiger partial charge in [0.2, 0.25) is 0 Å². The molecule has 0 saturated heterocycles. The smallest absolute Gasteiger partial charge is 0.272 e. The SMILES string of the molecule is CC(N)c1cccc(Cl)c1C(C)(F)F. The van der Waals surface area contributed by atoms with Gasteiger partial charge in [0.05, 0.1) is 5.02 Å². The Labute approximate surface area is 86.9 Å². The minimum Gasteiger partial charge on any atom is -0.324 e. The molecule has 0 aromatic heterocycles. The predicted molar refractivity (Wildman–Crippen MR) is 53.6 cm³/mol. The van der Waals surface area contributed by atoms with Crippen LogP contribution in [-0.2, 0) is 5.92 Å². The number of halogens is 3. The van der Waals surface area contributed by atoms with E-state index < -0.39 is 12.0 Å². The molecule has 4 heteroatoms. The molecule has 0 radical (unpaired) electrons. The molecule has 1 aromatic carbocycles. The van der Waals surface area contributed by atoms with E-state index >= 15 is 0 Å². The minimum absolute atomic E-state index is 0.0623. The van der Waals surface area contributed by atoms with Gasteiger partial charge < -0.3 is 5.73 Å². The zero-order valence-corrected chi connectivity index (χ0v) is 8.78. The standard InChI is InChI=1S/C10H12ClF2N/c1-6(14)7-4-3-5-8(11)9(7)10(2,12)13/h3-6H,14H2,1-2H3. The number of benzene rings is 1. The van der Waals surface area contributed by atoms with Crippen molar-refractivity contribution in [1.82, 2.24) is 0 Å². The zero-order valence-electron chi connectivity index (χ0n) is 8.02. The van der Waals surface area contributed by atoms with E-state index in [2.05, 4.69) is 0 Å². The van der Waals surface area contributed by atoms with E-state index in [0.717, 1.165) is 6.92 Å². The van der Waals surface area contributed by atoms with Crippen LogP contribution in [0, 0.1) is 0 Å². The Bertz CT molecular complexity index is 331. The third-order valence-electron chi connectivity index (χ3n) is 1.98. The molecular weight excluding hydrogens is 208 g/mol. The number of alkyl halides is 2. The topological polar surface area (TPSA) is 26.0 Å². The summed E-state index contributed by atoms with van der Waals surface area (Å²) in [5.74, 6) is -2.96. The quantitative estimate of drug-likeness (QED) is 0.810. The molecule has 0 fully saturated rings. The average Bonchev–Trinajstić information content (AvgIpc) is 2.01. The lowest BCUT2D eigenvalue weighted by Crippen LogP contribution is -2.16. The van der Waals surface area contributed by atoms with Gasteiger partial charge in [-0.05, 0) is 18.6 Å². The highest BCUT2D eigenvalue weighted by Gasteiger charge is 2.30. The van der Waals surface area contributed by atoms with E-state index in [1.54, 1.807) is 19.1 Å². The third kappa shape index (κ3) is 2.22. The fourth-order valence-electron chi connectivity index (χ4n) is 1.38. The third-order valence-corrected chi connectivity index (χ3v) is 2.29. The number of nitrogens with two attached hydrogens (primary N) is 1. The van der Waals surface area contributed by atoms with Gasteiger partial charge in [-0.25, -0.2) is 8.78 Å². The number of hydrogen-bond acceptors (Lipinski definition) is 1. The van der Waals surface area contributed by atoms with Crippen LogP contribution < -0.4 is 5.73 Å². The molecule has 0 aliphatic carbocycles. The lowest BCUT2D eigenvalue weighted by Gasteiger charge is -2.19. The van der Waals surface area contributed by atoms with Crippen LogP contribution in [0.1, 0.15) is 31.0 Å². The van der Waals surface area contributed by atoms with Crippen molar-refractivity contribution >= 4 is 11.6 Å². The first-order valence-electron chi connectivity index (χ1n) is 4.26. The Morgan fingerprint density at radius 1 is 1.43 bits per heavy atom. The van der Waals surface area contributed by atoms with E-state index in [9.17, 15) is 8.78 Å². The minimum atomic E-state index is -2.96. The van der Waals surface area contributed by atoms with E-state index in [-0.39, 0.29) is 10.6 Å². The number of rotatable bonds is 2. The largest absolute Gasteiger partial charge is 0.324 e. The van der Waals surface area contributed by atoms with Gasteiger partial charge in [-0.1, -0.05) is 23.7 Å². The molecule has 0 amide bonds. The summed E-state index contributed by atoms with van der Waals surface area (Å²) in [7, 11) is 0. The van der Waals surface area contributed by atoms with Crippen molar-refractivity contribution < 1.29 is 8.78 Å². The van der Waals surface area contributed by atoms with Crippen molar-refractivity contribution in [2.75, 3.05) is 0 Å². The van der Waals surface area contributed by atoms with Gasteiger partial charge in [-0.15, -0.1) is 0 Å². The Morgan fingerprint density at radius 2 is 2.00 bits per heavy atom. The lowest BCUT2D eigenvalue weighted by atomic mass is 9.98. The normalized spacial score (nSPS) is 14.1. The zero-order chi connectivity index (χ0) is 10.9. The highest BCUT2D eigenvalue weighted by molar-refractivity contribution is 6.31.